The lowest BCUT2D eigenvalue weighted by Crippen LogP contribution is -2.36. The van der Waals surface area contributed by atoms with Crippen molar-refractivity contribution in [2.24, 2.45) is 0 Å². The van der Waals surface area contributed by atoms with Gasteiger partial charge in [-0.1, -0.05) is 0 Å². The molecule has 1 aromatic heterocycles. The molecule has 0 radical (unpaired) electrons. The lowest BCUT2D eigenvalue weighted by Gasteiger charge is -2.09. The third-order valence-corrected chi connectivity index (χ3v) is 4.13. The zero-order chi connectivity index (χ0) is 11.7. The second-order valence-electron chi connectivity index (χ2n) is 4.29. The molecular formula is C11H16N2O2S. The number of carbonyl (C=O) groups is 1. The highest BCUT2D eigenvalue weighted by molar-refractivity contribution is 7.11. The maximum absolute atomic E-state index is 10.8. The predicted octanol–water partition coefficient (Wildman–Crippen LogP) is 1.51. The summed E-state index contributed by atoms with van der Waals surface area (Å²) >= 11 is 1.71. The van der Waals surface area contributed by atoms with E-state index in [4.69, 9.17) is 5.11 Å². The van der Waals surface area contributed by atoms with Crippen LogP contribution in [0.5, 0.6) is 0 Å². The number of aromatic nitrogens is 1. The van der Waals surface area contributed by atoms with Crippen LogP contribution in [0.4, 0.5) is 0 Å². The Labute approximate surface area is 98.7 Å². The molecule has 1 fully saturated rings. The fraction of sp³-hybridized carbons (Fsp3) is 0.636. The van der Waals surface area contributed by atoms with Gasteiger partial charge < -0.3 is 10.4 Å². The molecule has 0 amide bonds. The Morgan fingerprint density at radius 3 is 2.81 bits per heavy atom. The van der Waals surface area contributed by atoms with E-state index in [0.717, 1.165) is 30.0 Å². The molecule has 2 heterocycles. The summed E-state index contributed by atoms with van der Waals surface area (Å²) in [5.74, 6) is -0.742. The van der Waals surface area contributed by atoms with Crippen molar-refractivity contribution in [3.05, 3.63) is 15.6 Å². The van der Waals surface area contributed by atoms with E-state index in [-0.39, 0.29) is 12.1 Å². The van der Waals surface area contributed by atoms with E-state index in [1.54, 1.807) is 11.3 Å². The maximum Gasteiger partial charge on any atom is 0.320 e. The van der Waals surface area contributed by atoms with Crippen LogP contribution < -0.4 is 5.32 Å². The van der Waals surface area contributed by atoms with E-state index in [0.29, 0.717) is 0 Å². The molecular weight excluding hydrogens is 224 g/mol. The molecule has 2 unspecified atom stereocenters. The first-order valence-corrected chi connectivity index (χ1v) is 6.29. The molecule has 1 aliphatic rings. The van der Waals surface area contributed by atoms with E-state index in [9.17, 15) is 4.79 Å². The Morgan fingerprint density at radius 1 is 1.56 bits per heavy atom. The molecule has 4 nitrogen and oxygen atoms in total. The van der Waals surface area contributed by atoms with Crippen LogP contribution in [0.3, 0.4) is 0 Å². The quantitative estimate of drug-likeness (QED) is 0.840. The number of nitrogens with one attached hydrogen (secondary N) is 1. The second-order valence-corrected chi connectivity index (χ2v) is 5.57. The third kappa shape index (κ3) is 2.41. The standard InChI is InChI=1S/C11H16N2O2S/c1-6-7(2)16-10(12-6)5-8-3-4-9(13-8)11(14)15/h8-9,13H,3-5H2,1-2H3,(H,14,15). The molecule has 0 aromatic carbocycles. The number of hydrogen-bond donors (Lipinski definition) is 2. The molecule has 0 aliphatic carbocycles. The molecule has 16 heavy (non-hydrogen) atoms. The zero-order valence-electron chi connectivity index (χ0n) is 9.49. The van der Waals surface area contributed by atoms with Gasteiger partial charge in [-0.3, -0.25) is 4.79 Å². The Kier molecular flexibility index (Phi) is 3.25. The molecule has 0 bridgehead atoms. The first kappa shape index (κ1) is 11.5. The fourth-order valence-corrected chi connectivity index (χ4v) is 3.03. The largest absolute Gasteiger partial charge is 0.480 e. The van der Waals surface area contributed by atoms with Gasteiger partial charge in [-0.2, -0.15) is 0 Å². The number of aliphatic carboxylic acids is 1. The third-order valence-electron chi connectivity index (χ3n) is 3.03. The van der Waals surface area contributed by atoms with Crippen molar-refractivity contribution in [3.8, 4) is 0 Å². The number of carboxylic acids is 1. The number of hydrogen-bond acceptors (Lipinski definition) is 4. The summed E-state index contributed by atoms with van der Waals surface area (Å²) in [6.45, 7) is 4.08. The van der Waals surface area contributed by atoms with E-state index < -0.39 is 5.97 Å². The molecule has 2 rings (SSSR count). The average molecular weight is 240 g/mol. The highest BCUT2D eigenvalue weighted by Gasteiger charge is 2.29. The summed E-state index contributed by atoms with van der Waals surface area (Å²) < 4.78 is 0. The van der Waals surface area contributed by atoms with E-state index in [1.165, 1.54) is 4.88 Å². The minimum atomic E-state index is -0.742. The van der Waals surface area contributed by atoms with Crippen molar-refractivity contribution in [2.45, 2.75) is 45.2 Å². The van der Waals surface area contributed by atoms with E-state index in [2.05, 4.69) is 17.2 Å². The second kappa shape index (κ2) is 4.51. The molecule has 88 valence electrons. The Morgan fingerprint density at radius 2 is 2.31 bits per heavy atom. The summed E-state index contributed by atoms with van der Waals surface area (Å²) in [6.07, 6.45) is 2.50. The van der Waals surface area contributed by atoms with E-state index in [1.807, 2.05) is 6.92 Å². The molecule has 0 saturated carbocycles. The van der Waals surface area contributed by atoms with E-state index >= 15 is 0 Å². The summed E-state index contributed by atoms with van der Waals surface area (Å²) in [5, 5.41) is 13.1. The lowest BCUT2D eigenvalue weighted by molar-refractivity contribution is -0.139. The molecule has 1 aliphatic heterocycles. The molecule has 0 spiro atoms. The number of rotatable bonds is 3. The van der Waals surface area contributed by atoms with Gasteiger partial charge in [0, 0.05) is 17.3 Å². The van der Waals surface area contributed by atoms with Gasteiger partial charge in [0.15, 0.2) is 0 Å². The maximum atomic E-state index is 10.8. The predicted molar refractivity (Wildman–Crippen MR) is 62.9 cm³/mol. The summed E-state index contributed by atoms with van der Waals surface area (Å²) in [5.41, 5.74) is 1.09. The fourth-order valence-electron chi connectivity index (χ4n) is 2.01. The highest BCUT2D eigenvalue weighted by Crippen LogP contribution is 2.21. The summed E-state index contributed by atoms with van der Waals surface area (Å²) in [4.78, 5) is 16.5. The topological polar surface area (TPSA) is 62.2 Å². The van der Waals surface area contributed by atoms with Gasteiger partial charge in [0.1, 0.15) is 6.04 Å². The van der Waals surface area contributed by atoms with Crippen molar-refractivity contribution in [3.63, 3.8) is 0 Å². The minimum Gasteiger partial charge on any atom is -0.480 e. The molecule has 2 N–H and O–H groups in total. The van der Waals surface area contributed by atoms with Crippen LogP contribution >= 0.6 is 11.3 Å². The van der Waals surface area contributed by atoms with Crippen LogP contribution in [-0.4, -0.2) is 28.1 Å². The van der Waals surface area contributed by atoms with Crippen molar-refractivity contribution in [1.82, 2.24) is 10.3 Å². The van der Waals surface area contributed by atoms with Crippen LogP contribution in [-0.2, 0) is 11.2 Å². The number of thiazole rings is 1. The van der Waals surface area contributed by atoms with Gasteiger partial charge in [-0.25, -0.2) is 4.98 Å². The zero-order valence-corrected chi connectivity index (χ0v) is 10.3. The van der Waals surface area contributed by atoms with Crippen LogP contribution in [0.2, 0.25) is 0 Å². The normalized spacial score (nSPS) is 24.9. The van der Waals surface area contributed by atoms with Gasteiger partial charge in [-0.15, -0.1) is 11.3 Å². The Bertz CT molecular complexity index is 383. The molecule has 5 heteroatoms. The van der Waals surface area contributed by atoms with Crippen molar-refractivity contribution in [2.75, 3.05) is 0 Å². The van der Waals surface area contributed by atoms with Crippen LogP contribution in [0.25, 0.3) is 0 Å². The molecule has 2 atom stereocenters. The summed E-state index contributed by atoms with van der Waals surface area (Å²) in [7, 11) is 0. The molecule has 1 aromatic rings. The lowest BCUT2D eigenvalue weighted by atomic mass is 10.1. The van der Waals surface area contributed by atoms with Gasteiger partial charge in [0.2, 0.25) is 0 Å². The Balaban J connectivity index is 1.94. The summed E-state index contributed by atoms with van der Waals surface area (Å²) in [6, 6.07) is -0.0989. The number of aryl methyl sites for hydroxylation is 2. The van der Waals surface area contributed by atoms with Crippen LogP contribution in [0.15, 0.2) is 0 Å². The van der Waals surface area contributed by atoms with Crippen molar-refractivity contribution >= 4 is 17.3 Å². The molecule has 1 saturated heterocycles. The average Bonchev–Trinajstić information content (AvgIpc) is 2.76. The Hall–Kier alpha value is -0.940. The first-order valence-electron chi connectivity index (χ1n) is 5.48. The van der Waals surface area contributed by atoms with Gasteiger partial charge in [-0.05, 0) is 26.7 Å². The van der Waals surface area contributed by atoms with Gasteiger partial charge >= 0.3 is 5.97 Å². The minimum absolute atomic E-state index is 0.269. The smallest absolute Gasteiger partial charge is 0.320 e. The number of carboxylic acid groups (broad SMARTS) is 1. The highest BCUT2D eigenvalue weighted by atomic mass is 32.1. The number of nitrogens with zero attached hydrogens (tertiary/aromatic N) is 1. The monoisotopic (exact) mass is 240 g/mol. The van der Waals surface area contributed by atoms with Gasteiger partial charge in [0.25, 0.3) is 0 Å². The van der Waals surface area contributed by atoms with Crippen molar-refractivity contribution < 1.29 is 9.90 Å². The van der Waals surface area contributed by atoms with Gasteiger partial charge in [0.05, 0.1) is 10.7 Å². The van der Waals surface area contributed by atoms with Crippen LogP contribution in [0, 0.1) is 13.8 Å². The first-order chi connectivity index (χ1) is 7.56. The SMILES string of the molecule is Cc1nc(CC2CCC(C(=O)O)N2)sc1C. The van der Waals surface area contributed by atoms with Crippen LogP contribution in [0.1, 0.15) is 28.4 Å². The van der Waals surface area contributed by atoms with Crippen molar-refractivity contribution in [1.29, 1.82) is 0 Å².